The average Bonchev–Trinajstić information content (AvgIpc) is 3.28. The van der Waals surface area contributed by atoms with E-state index in [1.54, 1.807) is 29.9 Å². The molecule has 0 saturated carbocycles. The van der Waals surface area contributed by atoms with Crippen LogP contribution < -0.4 is 21.5 Å². The number of halogens is 1. The van der Waals surface area contributed by atoms with E-state index in [1.165, 1.54) is 10.7 Å². The van der Waals surface area contributed by atoms with Crippen molar-refractivity contribution in [1.29, 1.82) is 0 Å². The zero-order chi connectivity index (χ0) is 25.2. The first-order valence-corrected chi connectivity index (χ1v) is 11.8. The second kappa shape index (κ2) is 10.2. The normalized spacial score (nSPS) is 14.8. The summed E-state index contributed by atoms with van der Waals surface area (Å²) in [4.78, 5) is 30.7. The second-order valence-corrected chi connectivity index (χ2v) is 9.76. The Balaban J connectivity index is 1.68. The standard InChI is InChI=1S/C23H30ClN7O4/c1-23(2,13-32)12-26-21(33)16-10-27-31-19(25-3)9-18(29-20(16)31)28-17-8-14(24)11-30(22(17)34)15-4-6-35-7-5-15/h8-11,15,25,32H,4-7,12-13H2,1-3H3,(H,26,33)(H,28,29). The van der Waals surface area contributed by atoms with Crippen molar-refractivity contribution in [2.45, 2.75) is 32.7 Å². The van der Waals surface area contributed by atoms with E-state index in [2.05, 4.69) is 26.0 Å². The Morgan fingerprint density at radius 2 is 2.06 bits per heavy atom. The van der Waals surface area contributed by atoms with Crippen LogP contribution in [0.15, 0.2) is 29.3 Å². The molecule has 35 heavy (non-hydrogen) atoms. The van der Waals surface area contributed by atoms with Crippen LogP contribution in [-0.4, -0.2) is 63.6 Å². The maximum absolute atomic E-state index is 13.2. The highest BCUT2D eigenvalue weighted by molar-refractivity contribution is 6.30. The summed E-state index contributed by atoms with van der Waals surface area (Å²) < 4.78 is 8.57. The minimum absolute atomic E-state index is 0.00658. The Hall–Kier alpha value is -3.15. The topological polar surface area (TPSA) is 135 Å². The number of hydrogen-bond donors (Lipinski definition) is 4. The van der Waals surface area contributed by atoms with Gasteiger partial charge in [-0.1, -0.05) is 25.4 Å². The van der Waals surface area contributed by atoms with Gasteiger partial charge >= 0.3 is 0 Å². The van der Waals surface area contributed by atoms with E-state index in [1.807, 2.05) is 13.8 Å². The highest BCUT2D eigenvalue weighted by Gasteiger charge is 2.22. The maximum atomic E-state index is 13.2. The number of aliphatic hydroxyl groups is 1. The molecule has 0 aromatic carbocycles. The highest BCUT2D eigenvalue weighted by atomic mass is 35.5. The lowest BCUT2D eigenvalue weighted by Gasteiger charge is -2.25. The van der Waals surface area contributed by atoms with Gasteiger partial charge in [-0.15, -0.1) is 0 Å². The molecule has 3 aromatic rings. The van der Waals surface area contributed by atoms with Gasteiger partial charge in [0.2, 0.25) is 0 Å². The average molecular weight is 504 g/mol. The number of amides is 1. The van der Waals surface area contributed by atoms with Crippen LogP contribution in [0.25, 0.3) is 5.65 Å². The smallest absolute Gasteiger partial charge is 0.274 e. The first kappa shape index (κ1) is 25.0. The lowest BCUT2D eigenvalue weighted by Crippen LogP contribution is -2.36. The number of anilines is 3. The van der Waals surface area contributed by atoms with Crippen molar-refractivity contribution in [2.24, 2.45) is 5.41 Å². The number of pyridine rings is 1. The number of hydrogen-bond acceptors (Lipinski definition) is 8. The van der Waals surface area contributed by atoms with Crippen molar-refractivity contribution in [1.82, 2.24) is 24.5 Å². The van der Waals surface area contributed by atoms with E-state index in [0.29, 0.717) is 35.5 Å². The number of aromatic nitrogens is 4. The zero-order valence-corrected chi connectivity index (χ0v) is 20.7. The molecule has 0 unspecified atom stereocenters. The Kier molecular flexibility index (Phi) is 7.29. The van der Waals surface area contributed by atoms with Gasteiger partial charge in [-0.25, -0.2) is 4.98 Å². The highest BCUT2D eigenvalue weighted by Crippen LogP contribution is 2.25. The van der Waals surface area contributed by atoms with Crippen LogP contribution >= 0.6 is 11.6 Å². The van der Waals surface area contributed by atoms with Gasteiger partial charge in [0.25, 0.3) is 11.5 Å². The van der Waals surface area contributed by atoms with Crippen molar-refractivity contribution >= 4 is 40.5 Å². The quantitative estimate of drug-likeness (QED) is 0.368. The fourth-order valence-corrected chi connectivity index (χ4v) is 4.08. The third-order valence-electron chi connectivity index (χ3n) is 5.98. The van der Waals surface area contributed by atoms with Crippen molar-refractivity contribution in [3.63, 3.8) is 0 Å². The van der Waals surface area contributed by atoms with Crippen molar-refractivity contribution < 1.29 is 14.6 Å². The number of nitrogens with zero attached hydrogens (tertiary/aromatic N) is 4. The second-order valence-electron chi connectivity index (χ2n) is 9.33. The summed E-state index contributed by atoms with van der Waals surface area (Å²) in [6, 6.07) is 3.26. The molecule has 12 heteroatoms. The minimum Gasteiger partial charge on any atom is -0.396 e. The summed E-state index contributed by atoms with van der Waals surface area (Å²) in [6.45, 7) is 5.10. The predicted octanol–water partition coefficient (Wildman–Crippen LogP) is 2.43. The van der Waals surface area contributed by atoms with E-state index in [-0.39, 0.29) is 41.9 Å². The van der Waals surface area contributed by atoms with E-state index in [4.69, 9.17) is 16.3 Å². The molecule has 1 fully saturated rings. The van der Waals surface area contributed by atoms with Gasteiger partial charge in [0.1, 0.15) is 22.9 Å². The van der Waals surface area contributed by atoms with E-state index < -0.39 is 5.41 Å². The SMILES string of the molecule is CNc1cc(Nc2cc(Cl)cn(C3CCOCC3)c2=O)nc2c(C(=O)NCC(C)(C)CO)cnn12. The van der Waals surface area contributed by atoms with Crippen molar-refractivity contribution in [2.75, 3.05) is 44.0 Å². The maximum Gasteiger partial charge on any atom is 0.274 e. The Labute approximate surface area is 207 Å². The summed E-state index contributed by atoms with van der Waals surface area (Å²) in [7, 11) is 1.72. The van der Waals surface area contributed by atoms with Crippen LogP contribution in [0.4, 0.5) is 17.3 Å². The molecular formula is C23H30ClN7O4. The summed E-state index contributed by atoms with van der Waals surface area (Å²) >= 11 is 6.35. The lowest BCUT2D eigenvalue weighted by atomic mass is 9.95. The molecular weight excluding hydrogens is 474 g/mol. The molecule has 0 aliphatic carbocycles. The fourth-order valence-electron chi connectivity index (χ4n) is 3.87. The third kappa shape index (κ3) is 5.42. The number of rotatable bonds is 8. The number of nitrogens with one attached hydrogen (secondary N) is 3. The molecule has 0 bridgehead atoms. The summed E-state index contributed by atoms with van der Waals surface area (Å²) in [5.74, 6) is 0.557. The van der Waals surface area contributed by atoms with E-state index >= 15 is 0 Å². The van der Waals surface area contributed by atoms with Gasteiger partial charge in [-0.05, 0) is 18.9 Å². The molecule has 0 spiro atoms. The number of fused-ring (bicyclic) bond motifs is 1. The van der Waals surface area contributed by atoms with Gasteiger partial charge in [0.05, 0.1) is 11.2 Å². The molecule has 188 valence electrons. The molecule has 1 aliphatic heterocycles. The molecule has 4 rings (SSSR count). The number of aliphatic hydroxyl groups excluding tert-OH is 1. The Morgan fingerprint density at radius 3 is 2.74 bits per heavy atom. The molecule has 1 saturated heterocycles. The number of carbonyl (C=O) groups is 1. The van der Waals surface area contributed by atoms with Crippen LogP contribution in [-0.2, 0) is 4.74 Å². The van der Waals surface area contributed by atoms with Gasteiger partial charge in [0, 0.05) is 57.1 Å². The van der Waals surface area contributed by atoms with Gasteiger partial charge in [-0.3, -0.25) is 9.59 Å². The zero-order valence-electron chi connectivity index (χ0n) is 20.0. The van der Waals surface area contributed by atoms with Crippen LogP contribution in [0.3, 0.4) is 0 Å². The molecule has 1 amide bonds. The largest absolute Gasteiger partial charge is 0.396 e. The first-order chi connectivity index (χ1) is 16.7. The molecule has 4 N–H and O–H groups in total. The minimum atomic E-state index is -0.466. The summed E-state index contributed by atoms with van der Waals surface area (Å²) in [5, 5.41) is 23.1. The van der Waals surface area contributed by atoms with Crippen LogP contribution in [0.2, 0.25) is 5.02 Å². The van der Waals surface area contributed by atoms with Crippen LogP contribution in [0, 0.1) is 5.41 Å². The van der Waals surface area contributed by atoms with Crippen molar-refractivity contribution in [3.05, 3.63) is 45.5 Å². The Bertz CT molecular complexity index is 1280. The van der Waals surface area contributed by atoms with Gasteiger partial charge in [0.15, 0.2) is 5.65 Å². The first-order valence-electron chi connectivity index (χ1n) is 11.4. The monoisotopic (exact) mass is 503 g/mol. The van der Waals surface area contributed by atoms with Gasteiger partial charge in [-0.2, -0.15) is 9.61 Å². The fraction of sp³-hybridized carbons (Fsp3) is 0.478. The van der Waals surface area contributed by atoms with Gasteiger partial charge < -0.3 is 30.4 Å². The van der Waals surface area contributed by atoms with Crippen LogP contribution in [0.1, 0.15) is 43.1 Å². The molecule has 0 atom stereocenters. The molecule has 0 radical (unpaired) electrons. The number of ether oxygens (including phenoxy) is 1. The summed E-state index contributed by atoms with van der Waals surface area (Å²) in [6.07, 6.45) is 4.55. The number of carbonyl (C=O) groups excluding carboxylic acids is 1. The third-order valence-corrected chi connectivity index (χ3v) is 6.19. The molecule has 1 aliphatic rings. The molecule has 4 heterocycles. The molecule has 11 nitrogen and oxygen atoms in total. The summed E-state index contributed by atoms with van der Waals surface area (Å²) in [5.41, 5.74) is 0.172. The van der Waals surface area contributed by atoms with E-state index in [9.17, 15) is 14.7 Å². The molecule has 3 aromatic heterocycles. The van der Waals surface area contributed by atoms with Crippen LogP contribution in [0.5, 0.6) is 0 Å². The van der Waals surface area contributed by atoms with E-state index in [0.717, 1.165) is 12.8 Å². The predicted molar refractivity (Wildman–Crippen MR) is 134 cm³/mol. The van der Waals surface area contributed by atoms with Crippen molar-refractivity contribution in [3.8, 4) is 0 Å². The Morgan fingerprint density at radius 1 is 1.31 bits per heavy atom. The lowest BCUT2D eigenvalue weighted by molar-refractivity contribution is 0.0687.